The number of hydrogen-bond donors (Lipinski definition) is 2. The lowest BCUT2D eigenvalue weighted by Crippen LogP contribution is -3.10. The third kappa shape index (κ3) is 4.94. The number of likely N-dealkylation sites (tertiary alicyclic amines) is 1. The van der Waals surface area contributed by atoms with Crippen LogP contribution in [-0.2, 0) is 16.0 Å². The molecule has 0 saturated carbocycles. The molecule has 0 atom stereocenters. The van der Waals surface area contributed by atoms with E-state index in [4.69, 9.17) is 9.47 Å². The molecule has 8 heteroatoms. The highest BCUT2D eigenvalue weighted by atomic mass is 32.1. The van der Waals surface area contributed by atoms with Gasteiger partial charge < -0.3 is 19.4 Å². The molecule has 7 nitrogen and oxygen atoms in total. The zero-order valence-corrected chi connectivity index (χ0v) is 16.9. The number of methoxy groups -OCH3 is 1. The number of carbonyl (C=O) groups is 1. The van der Waals surface area contributed by atoms with Crippen LogP contribution in [0.1, 0.15) is 53.2 Å². The molecule has 27 heavy (non-hydrogen) atoms. The number of hydrogen-bond acceptors (Lipinski definition) is 6. The van der Waals surface area contributed by atoms with E-state index in [0.717, 1.165) is 19.6 Å². The van der Waals surface area contributed by atoms with Crippen LogP contribution in [0.15, 0.2) is 4.79 Å². The van der Waals surface area contributed by atoms with E-state index in [1.165, 1.54) is 48.3 Å². The van der Waals surface area contributed by atoms with Crippen LogP contribution < -0.4 is 10.5 Å². The summed E-state index contributed by atoms with van der Waals surface area (Å²) in [5, 5.41) is 0.491. The Morgan fingerprint density at radius 1 is 1.19 bits per heavy atom. The predicted octanol–water partition coefficient (Wildman–Crippen LogP) is 1.45. The molecular formula is C19H28N3O4S+. The molecule has 1 saturated heterocycles. The van der Waals surface area contributed by atoms with Gasteiger partial charge in [0.05, 0.1) is 25.1 Å². The van der Waals surface area contributed by atoms with Gasteiger partial charge in [-0.3, -0.25) is 4.79 Å². The monoisotopic (exact) mass is 394 g/mol. The van der Waals surface area contributed by atoms with Crippen LogP contribution in [0.25, 0.3) is 10.2 Å². The van der Waals surface area contributed by atoms with Crippen LogP contribution in [0.4, 0.5) is 0 Å². The summed E-state index contributed by atoms with van der Waals surface area (Å²) in [5.41, 5.74) is 0.461. The molecule has 2 aromatic rings. The predicted molar refractivity (Wildman–Crippen MR) is 105 cm³/mol. The standard InChI is InChI=1S/C19H27N3O4S/c1-13-15-17(23)20-14(12-22-8-6-4-3-5-7-9-22)21-18(15)27-16(13)19(24)26-11-10-25-2/h3-12H2,1-2H3,(H,20,21,23)/p+1. The summed E-state index contributed by atoms with van der Waals surface area (Å²) >= 11 is 1.23. The van der Waals surface area contributed by atoms with Gasteiger partial charge in [-0.2, -0.15) is 0 Å². The van der Waals surface area contributed by atoms with Crippen molar-refractivity contribution in [2.45, 2.75) is 45.6 Å². The topological polar surface area (TPSA) is 85.7 Å². The first kappa shape index (κ1) is 20.0. The minimum absolute atomic E-state index is 0.175. The number of thiophene rings is 1. The van der Waals surface area contributed by atoms with Gasteiger partial charge in [0, 0.05) is 7.11 Å². The van der Waals surface area contributed by atoms with Crippen molar-refractivity contribution in [2.24, 2.45) is 0 Å². The van der Waals surface area contributed by atoms with Gasteiger partial charge in [-0.05, 0) is 38.2 Å². The number of nitrogens with one attached hydrogen (secondary N) is 2. The lowest BCUT2D eigenvalue weighted by Gasteiger charge is -2.21. The van der Waals surface area contributed by atoms with Crippen LogP contribution in [0.2, 0.25) is 0 Å². The quantitative estimate of drug-likeness (QED) is 0.572. The summed E-state index contributed by atoms with van der Waals surface area (Å²) in [4.78, 5) is 35.0. The van der Waals surface area contributed by atoms with Gasteiger partial charge in [0.25, 0.3) is 5.56 Å². The summed E-state index contributed by atoms with van der Waals surface area (Å²) < 4.78 is 10.1. The number of carbonyl (C=O) groups excluding carboxylic acids is 1. The molecule has 0 spiro atoms. The first-order chi connectivity index (χ1) is 13.1. The number of esters is 1. The van der Waals surface area contributed by atoms with Crippen LogP contribution in [0.3, 0.4) is 0 Å². The smallest absolute Gasteiger partial charge is 0.348 e. The molecule has 2 N–H and O–H groups in total. The van der Waals surface area contributed by atoms with Crippen molar-refractivity contribution in [3.05, 3.63) is 26.6 Å². The molecular weight excluding hydrogens is 366 g/mol. The van der Waals surface area contributed by atoms with E-state index in [1.54, 1.807) is 14.0 Å². The summed E-state index contributed by atoms with van der Waals surface area (Å²) in [6.07, 6.45) is 6.33. The minimum Gasteiger partial charge on any atom is -0.459 e. The van der Waals surface area contributed by atoms with E-state index < -0.39 is 5.97 Å². The van der Waals surface area contributed by atoms with Crippen molar-refractivity contribution in [3.8, 4) is 0 Å². The summed E-state index contributed by atoms with van der Waals surface area (Å²) in [6, 6.07) is 0. The van der Waals surface area contributed by atoms with Gasteiger partial charge in [0.2, 0.25) is 0 Å². The van der Waals surface area contributed by atoms with Crippen molar-refractivity contribution in [3.63, 3.8) is 0 Å². The van der Waals surface area contributed by atoms with Crippen molar-refractivity contribution in [1.82, 2.24) is 9.97 Å². The maximum absolute atomic E-state index is 12.6. The SMILES string of the molecule is COCCOC(=O)c1sc2nc(C[NH+]3CCCCCCC3)[nH]c(=O)c2c1C. The highest BCUT2D eigenvalue weighted by molar-refractivity contribution is 7.20. The Morgan fingerprint density at radius 2 is 1.89 bits per heavy atom. The second-order valence-corrected chi connectivity index (χ2v) is 8.07. The van der Waals surface area contributed by atoms with Crippen molar-refractivity contribution in [1.29, 1.82) is 0 Å². The van der Waals surface area contributed by atoms with E-state index in [0.29, 0.717) is 33.1 Å². The highest BCUT2D eigenvalue weighted by Crippen LogP contribution is 2.27. The van der Waals surface area contributed by atoms with Crippen LogP contribution in [-0.4, -0.2) is 49.4 Å². The average Bonchev–Trinajstić information content (AvgIpc) is 2.94. The number of ether oxygens (including phenoxy) is 2. The molecule has 2 aromatic heterocycles. The largest absolute Gasteiger partial charge is 0.459 e. The Kier molecular flexibility index (Phi) is 6.98. The zero-order valence-electron chi connectivity index (χ0n) is 16.1. The Balaban J connectivity index is 1.81. The van der Waals surface area contributed by atoms with Gasteiger partial charge in [-0.25, -0.2) is 9.78 Å². The zero-order chi connectivity index (χ0) is 19.2. The molecule has 148 valence electrons. The van der Waals surface area contributed by atoms with Gasteiger partial charge in [-0.1, -0.05) is 6.42 Å². The number of aromatic nitrogens is 2. The van der Waals surface area contributed by atoms with Crippen molar-refractivity contribution < 1.29 is 19.2 Å². The van der Waals surface area contributed by atoms with E-state index in [1.807, 2.05) is 0 Å². The molecule has 0 bridgehead atoms. The fraction of sp³-hybridized carbons (Fsp3) is 0.632. The van der Waals surface area contributed by atoms with Crippen LogP contribution >= 0.6 is 11.3 Å². The summed E-state index contributed by atoms with van der Waals surface area (Å²) in [7, 11) is 1.55. The van der Waals surface area contributed by atoms with Gasteiger partial charge >= 0.3 is 5.97 Å². The average molecular weight is 395 g/mol. The summed E-state index contributed by atoms with van der Waals surface area (Å²) in [5.74, 6) is 0.270. The van der Waals surface area contributed by atoms with Crippen LogP contribution in [0, 0.1) is 6.92 Å². The molecule has 1 aliphatic rings. The van der Waals surface area contributed by atoms with Gasteiger partial charge in [0.1, 0.15) is 22.9 Å². The Morgan fingerprint density at radius 3 is 2.59 bits per heavy atom. The number of rotatable bonds is 6. The molecule has 0 amide bonds. The number of aromatic amines is 1. The number of fused-ring (bicyclic) bond motifs is 1. The molecule has 1 aliphatic heterocycles. The molecule has 0 unspecified atom stereocenters. The molecule has 1 fully saturated rings. The Labute approximate surface area is 162 Å². The molecule has 0 radical (unpaired) electrons. The maximum Gasteiger partial charge on any atom is 0.348 e. The first-order valence-electron chi connectivity index (χ1n) is 9.62. The molecule has 3 rings (SSSR count). The van der Waals surface area contributed by atoms with Crippen LogP contribution in [0.5, 0.6) is 0 Å². The Bertz CT molecular complexity index is 837. The number of quaternary nitrogens is 1. The first-order valence-corrected chi connectivity index (χ1v) is 10.4. The second kappa shape index (κ2) is 9.43. The molecule has 0 aliphatic carbocycles. The number of aryl methyl sites for hydroxylation is 1. The highest BCUT2D eigenvalue weighted by Gasteiger charge is 2.21. The van der Waals surface area contributed by atoms with Gasteiger partial charge in [0.15, 0.2) is 5.82 Å². The third-order valence-electron chi connectivity index (χ3n) is 5.03. The fourth-order valence-corrected chi connectivity index (χ4v) is 4.66. The van der Waals surface area contributed by atoms with E-state index >= 15 is 0 Å². The summed E-state index contributed by atoms with van der Waals surface area (Å²) in [6.45, 7) is 5.25. The van der Waals surface area contributed by atoms with Crippen molar-refractivity contribution in [2.75, 3.05) is 33.4 Å². The molecule has 0 aromatic carbocycles. The second-order valence-electron chi connectivity index (χ2n) is 7.07. The minimum atomic E-state index is -0.428. The van der Waals surface area contributed by atoms with Gasteiger partial charge in [-0.15, -0.1) is 11.3 Å². The van der Waals surface area contributed by atoms with E-state index in [-0.39, 0.29) is 12.2 Å². The number of nitrogens with zero attached hydrogens (tertiary/aromatic N) is 1. The maximum atomic E-state index is 12.6. The normalized spacial score (nSPS) is 16.2. The Hall–Kier alpha value is -1.77. The van der Waals surface area contributed by atoms with E-state index in [9.17, 15) is 9.59 Å². The third-order valence-corrected chi connectivity index (χ3v) is 6.20. The molecule has 3 heterocycles. The van der Waals surface area contributed by atoms with E-state index in [2.05, 4.69) is 9.97 Å². The number of H-pyrrole nitrogens is 1. The lowest BCUT2D eigenvalue weighted by atomic mass is 10.1. The van der Waals surface area contributed by atoms with Crippen molar-refractivity contribution >= 4 is 27.5 Å². The fourth-order valence-electron chi connectivity index (χ4n) is 3.57. The lowest BCUT2D eigenvalue weighted by molar-refractivity contribution is -0.915.